The average molecular weight is 540 g/mol. The van der Waals surface area contributed by atoms with Crippen molar-refractivity contribution in [2.45, 2.75) is 58.5 Å². The van der Waals surface area contributed by atoms with Gasteiger partial charge >= 0.3 is 12.0 Å². The van der Waals surface area contributed by atoms with Crippen molar-refractivity contribution in [1.29, 1.82) is 0 Å². The Labute approximate surface area is 226 Å². The lowest BCUT2D eigenvalue weighted by atomic mass is 10.0. The van der Waals surface area contributed by atoms with Crippen LogP contribution in [0, 0.1) is 12.8 Å². The van der Waals surface area contributed by atoms with Crippen LogP contribution in [0.3, 0.4) is 0 Å². The third-order valence-electron chi connectivity index (χ3n) is 5.87. The maximum Gasteiger partial charge on any atom is 0.338 e. The molecule has 0 aliphatic carbocycles. The minimum atomic E-state index is -0.763. The number of hydrogen-bond acceptors (Lipinski definition) is 8. The number of hydrogen-bond donors (Lipinski definition) is 2. The Bertz CT molecular complexity index is 1280. The van der Waals surface area contributed by atoms with Gasteiger partial charge in [-0.3, -0.25) is 0 Å². The molecule has 3 heterocycles. The summed E-state index contributed by atoms with van der Waals surface area (Å²) in [4.78, 5) is 25.6. The molecule has 0 saturated heterocycles. The van der Waals surface area contributed by atoms with Crippen molar-refractivity contribution in [3.63, 3.8) is 0 Å². The highest BCUT2D eigenvalue weighted by Gasteiger charge is 2.35. The van der Waals surface area contributed by atoms with Crippen molar-refractivity contribution in [2.75, 3.05) is 12.4 Å². The molecule has 4 rings (SSSR count). The van der Waals surface area contributed by atoms with Gasteiger partial charge in [0.15, 0.2) is 11.0 Å². The molecule has 38 heavy (non-hydrogen) atoms. The molecular formula is C27H33N5O5S. The van der Waals surface area contributed by atoms with Gasteiger partial charge in [-0.2, -0.15) is 0 Å². The van der Waals surface area contributed by atoms with Crippen LogP contribution in [0.2, 0.25) is 0 Å². The lowest BCUT2D eigenvalue weighted by Crippen LogP contribution is -2.46. The quantitative estimate of drug-likeness (QED) is 0.250. The number of esters is 1. The Morgan fingerprint density at radius 1 is 1.18 bits per heavy atom. The topological polar surface area (TPSA) is 121 Å². The number of amides is 2. The third-order valence-corrected chi connectivity index (χ3v) is 6.87. The van der Waals surface area contributed by atoms with Gasteiger partial charge < -0.3 is 29.1 Å². The minimum Gasteiger partial charge on any atom is -0.486 e. The number of nitrogens with zero attached hydrogens (tertiary/aromatic N) is 3. The molecule has 0 unspecified atom stereocenters. The van der Waals surface area contributed by atoms with Crippen LogP contribution in [0.5, 0.6) is 5.75 Å². The molecule has 1 aliphatic rings. The molecule has 1 atom stereocenters. The van der Waals surface area contributed by atoms with E-state index in [4.69, 9.17) is 13.9 Å². The van der Waals surface area contributed by atoms with Crippen molar-refractivity contribution < 1.29 is 23.5 Å². The Morgan fingerprint density at radius 3 is 2.66 bits per heavy atom. The van der Waals surface area contributed by atoms with Crippen molar-refractivity contribution in [3.05, 3.63) is 71.1 Å². The van der Waals surface area contributed by atoms with Crippen LogP contribution in [0.1, 0.15) is 50.6 Å². The number of urea groups is 1. The summed E-state index contributed by atoms with van der Waals surface area (Å²) in [5, 5.41) is 15.0. The van der Waals surface area contributed by atoms with Gasteiger partial charge in [0.2, 0.25) is 0 Å². The molecule has 10 nitrogen and oxygen atoms in total. The fourth-order valence-electron chi connectivity index (χ4n) is 3.95. The van der Waals surface area contributed by atoms with Gasteiger partial charge in [-0.15, -0.1) is 10.2 Å². The molecule has 3 aromatic rings. The Kier molecular flexibility index (Phi) is 9.11. The molecule has 2 aromatic heterocycles. The van der Waals surface area contributed by atoms with Crippen molar-refractivity contribution in [2.24, 2.45) is 5.92 Å². The number of ether oxygens (including phenoxy) is 2. The summed E-state index contributed by atoms with van der Waals surface area (Å²) in [6, 6.07) is 11.9. The van der Waals surface area contributed by atoms with Gasteiger partial charge in [-0.1, -0.05) is 43.8 Å². The van der Waals surface area contributed by atoms with Crippen LogP contribution in [-0.2, 0) is 22.7 Å². The van der Waals surface area contributed by atoms with E-state index in [1.165, 1.54) is 11.8 Å². The Hall–Kier alpha value is -3.73. The highest BCUT2D eigenvalue weighted by Crippen LogP contribution is 2.31. The normalized spacial score (nSPS) is 15.4. The van der Waals surface area contributed by atoms with Crippen LogP contribution in [-0.4, -0.2) is 39.1 Å². The predicted molar refractivity (Wildman–Crippen MR) is 142 cm³/mol. The first-order chi connectivity index (χ1) is 18.4. The highest BCUT2D eigenvalue weighted by molar-refractivity contribution is 7.99. The molecular weight excluding hydrogens is 506 g/mol. The second-order valence-electron chi connectivity index (χ2n) is 9.22. The summed E-state index contributed by atoms with van der Waals surface area (Å²) in [6.45, 7) is 9.06. The highest BCUT2D eigenvalue weighted by atomic mass is 32.2. The minimum absolute atomic E-state index is 0.203. The number of nitrogens with one attached hydrogen (secondary N) is 2. The number of thioether (sulfide) groups is 1. The number of carbonyl (C=O) groups is 2. The number of benzene rings is 1. The van der Waals surface area contributed by atoms with E-state index in [1.807, 2.05) is 34.9 Å². The second kappa shape index (κ2) is 12.7. The summed E-state index contributed by atoms with van der Waals surface area (Å²) in [6.07, 6.45) is 0.932. The number of para-hydroxylation sites is 1. The lowest BCUT2D eigenvalue weighted by molar-refractivity contribution is -0.139. The molecule has 2 amide bonds. The van der Waals surface area contributed by atoms with Gasteiger partial charge in [-0.25, -0.2) is 9.59 Å². The van der Waals surface area contributed by atoms with E-state index in [0.717, 1.165) is 12.2 Å². The molecule has 0 spiro atoms. The maximum atomic E-state index is 13.0. The lowest BCUT2D eigenvalue weighted by Gasteiger charge is -2.27. The van der Waals surface area contributed by atoms with Gasteiger partial charge in [0.05, 0.1) is 12.2 Å². The van der Waals surface area contributed by atoms with Crippen molar-refractivity contribution >= 4 is 23.8 Å². The molecule has 0 radical (unpaired) electrons. The fraction of sp³-hybridized carbons (Fsp3) is 0.407. The average Bonchev–Trinajstić information content (AvgIpc) is 3.50. The number of furan rings is 1. The first kappa shape index (κ1) is 27.3. The van der Waals surface area contributed by atoms with E-state index in [-0.39, 0.29) is 19.0 Å². The van der Waals surface area contributed by atoms with Crippen LogP contribution in [0.15, 0.2) is 63.3 Å². The molecule has 202 valence electrons. The van der Waals surface area contributed by atoms with Gasteiger partial charge in [0.1, 0.15) is 29.9 Å². The molecule has 11 heteroatoms. The van der Waals surface area contributed by atoms with Crippen LogP contribution in [0.4, 0.5) is 4.79 Å². The molecule has 1 aliphatic heterocycles. The van der Waals surface area contributed by atoms with Crippen molar-refractivity contribution in [1.82, 2.24) is 25.4 Å². The number of aromatic nitrogens is 3. The summed E-state index contributed by atoms with van der Waals surface area (Å²) < 4.78 is 19.0. The smallest absolute Gasteiger partial charge is 0.338 e. The zero-order valence-electron chi connectivity index (χ0n) is 22.0. The summed E-state index contributed by atoms with van der Waals surface area (Å²) >= 11 is 1.39. The van der Waals surface area contributed by atoms with Crippen molar-refractivity contribution in [3.8, 4) is 5.75 Å². The van der Waals surface area contributed by atoms with Crippen LogP contribution < -0.4 is 15.4 Å². The van der Waals surface area contributed by atoms with Gasteiger partial charge in [0.25, 0.3) is 0 Å². The fourth-order valence-corrected chi connectivity index (χ4v) is 4.90. The SMILES string of the molecule is CCOC(=O)C1=C(CSc2nnc(COc3ccccc3)n2CCC(C)C)NC(=O)N[C@@H]1c1ccc(C)o1. The van der Waals surface area contributed by atoms with E-state index in [1.54, 1.807) is 26.0 Å². The van der Waals surface area contributed by atoms with Crippen LogP contribution in [0.25, 0.3) is 0 Å². The number of carbonyl (C=O) groups excluding carboxylic acids is 2. The molecule has 1 aromatic carbocycles. The van der Waals surface area contributed by atoms with E-state index in [0.29, 0.717) is 46.2 Å². The van der Waals surface area contributed by atoms with E-state index < -0.39 is 18.0 Å². The predicted octanol–water partition coefficient (Wildman–Crippen LogP) is 4.77. The van der Waals surface area contributed by atoms with Gasteiger partial charge in [-0.05, 0) is 50.5 Å². The monoisotopic (exact) mass is 539 g/mol. The third kappa shape index (κ3) is 6.77. The second-order valence-corrected chi connectivity index (χ2v) is 10.2. The van der Waals surface area contributed by atoms with E-state index >= 15 is 0 Å². The van der Waals surface area contributed by atoms with E-state index in [2.05, 4.69) is 34.7 Å². The van der Waals surface area contributed by atoms with Crippen LogP contribution >= 0.6 is 11.8 Å². The molecule has 2 N–H and O–H groups in total. The first-order valence-corrected chi connectivity index (χ1v) is 13.6. The molecule has 0 saturated carbocycles. The van der Waals surface area contributed by atoms with E-state index in [9.17, 15) is 9.59 Å². The standard InChI is InChI=1S/C27H33N5O5S/c1-5-35-25(33)23-20(28-26(34)29-24(23)21-12-11-18(4)37-21)16-38-27-31-30-22(32(27)14-13-17(2)3)15-36-19-9-7-6-8-10-19/h6-12,17,24H,5,13-16H2,1-4H3,(H2,28,29,34)/t24-/m1/s1. The first-order valence-electron chi connectivity index (χ1n) is 12.6. The number of aryl methyl sites for hydroxylation is 1. The summed E-state index contributed by atoms with van der Waals surface area (Å²) in [7, 11) is 0. The zero-order valence-corrected chi connectivity index (χ0v) is 22.8. The zero-order chi connectivity index (χ0) is 27.1. The largest absolute Gasteiger partial charge is 0.486 e. The Morgan fingerprint density at radius 2 is 1.97 bits per heavy atom. The summed E-state index contributed by atoms with van der Waals surface area (Å²) in [5.74, 6) is 2.83. The Balaban J connectivity index is 1.60. The molecule has 0 fully saturated rings. The maximum absolute atomic E-state index is 13.0. The summed E-state index contributed by atoms with van der Waals surface area (Å²) in [5.41, 5.74) is 0.742. The number of rotatable bonds is 12. The molecule has 0 bridgehead atoms. The van der Waals surface area contributed by atoms with Gasteiger partial charge in [0, 0.05) is 18.0 Å².